The van der Waals surface area contributed by atoms with Crippen molar-refractivity contribution in [1.82, 2.24) is 10.2 Å². The summed E-state index contributed by atoms with van der Waals surface area (Å²) in [6, 6.07) is 2.25. The van der Waals surface area contributed by atoms with E-state index < -0.39 is 0 Å². The molecule has 0 radical (unpaired) electrons. The zero-order valence-electron chi connectivity index (χ0n) is 10.0. The molecular weight excluding hydrogens is 172 g/mol. The van der Waals surface area contributed by atoms with E-state index in [1.165, 1.54) is 25.9 Å². The Labute approximate surface area is 88.1 Å². The fourth-order valence-electron chi connectivity index (χ4n) is 2.74. The van der Waals surface area contributed by atoms with E-state index in [0.29, 0.717) is 11.5 Å². The molecule has 2 heteroatoms. The fraction of sp³-hybridized carbons (Fsp3) is 1.00. The minimum Gasteiger partial charge on any atom is -0.310 e. The van der Waals surface area contributed by atoms with E-state index in [-0.39, 0.29) is 0 Å². The van der Waals surface area contributed by atoms with Crippen molar-refractivity contribution in [3.8, 4) is 0 Å². The Balaban J connectivity index is 1.78. The van der Waals surface area contributed by atoms with Gasteiger partial charge in [0.25, 0.3) is 0 Å². The zero-order chi connectivity index (χ0) is 10.3. The van der Waals surface area contributed by atoms with Gasteiger partial charge in [0.05, 0.1) is 0 Å². The summed E-state index contributed by atoms with van der Waals surface area (Å²) in [5.74, 6) is 0. The van der Waals surface area contributed by atoms with Crippen LogP contribution in [0.4, 0.5) is 0 Å². The molecule has 2 unspecified atom stereocenters. The van der Waals surface area contributed by atoms with Crippen molar-refractivity contribution >= 4 is 0 Å². The number of nitrogens with zero attached hydrogens (tertiary/aromatic N) is 1. The van der Waals surface area contributed by atoms with Crippen LogP contribution in [-0.2, 0) is 0 Å². The molecule has 1 aliphatic carbocycles. The highest BCUT2D eigenvalue weighted by molar-refractivity contribution is 5.05. The number of hydrogen-bond acceptors (Lipinski definition) is 2. The predicted octanol–water partition coefficient (Wildman–Crippen LogP) is 1.86. The lowest BCUT2D eigenvalue weighted by Crippen LogP contribution is -2.37. The Hall–Kier alpha value is -0.0800. The summed E-state index contributed by atoms with van der Waals surface area (Å²) < 4.78 is 0. The SMILES string of the molecule is CC(C)NC1CCN(C2CC2(C)C)C1. The second-order valence-electron chi connectivity index (χ2n) is 6.01. The van der Waals surface area contributed by atoms with Crippen LogP contribution in [0.1, 0.15) is 40.5 Å². The highest BCUT2D eigenvalue weighted by Gasteiger charge is 2.50. The molecule has 1 heterocycles. The fourth-order valence-corrected chi connectivity index (χ4v) is 2.74. The first-order valence-corrected chi connectivity index (χ1v) is 5.99. The molecule has 0 aromatic rings. The minimum absolute atomic E-state index is 0.604. The van der Waals surface area contributed by atoms with Crippen LogP contribution in [0.25, 0.3) is 0 Å². The van der Waals surface area contributed by atoms with E-state index in [2.05, 4.69) is 37.9 Å². The van der Waals surface area contributed by atoms with Gasteiger partial charge in [0, 0.05) is 31.2 Å². The van der Waals surface area contributed by atoms with Crippen LogP contribution < -0.4 is 5.32 Å². The molecule has 2 atom stereocenters. The predicted molar refractivity (Wildman–Crippen MR) is 60.4 cm³/mol. The normalized spacial score (nSPS) is 36.6. The van der Waals surface area contributed by atoms with Crippen molar-refractivity contribution in [3.05, 3.63) is 0 Å². The van der Waals surface area contributed by atoms with Crippen molar-refractivity contribution in [3.63, 3.8) is 0 Å². The van der Waals surface area contributed by atoms with E-state index >= 15 is 0 Å². The van der Waals surface area contributed by atoms with Crippen molar-refractivity contribution < 1.29 is 0 Å². The minimum atomic E-state index is 0.604. The summed E-state index contributed by atoms with van der Waals surface area (Å²) in [5, 5.41) is 3.64. The van der Waals surface area contributed by atoms with E-state index in [1.807, 2.05) is 0 Å². The molecule has 14 heavy (non-hydrogen) atoms. The maximum absolute atomic E-state index is 3.64. The highest BCUT2D eigenvalue weighted by atomic mass is 15.2. The van der Waals surface area contributed by atoms with E-state index in [0.717, 1.165) is 12.1 Å². The Morgan fingerprint density at radius 2 is 2.00 bits per heavy atom. The molecule has 1 aliphatic heterocycles. The maximum atomic E-state index is 3.64. The average molecular weight is 196 g/mol. The third-order valence-electron chi connectivity index (χ3n) is 3.69. The summed E-state index contributed by atoms with van der Waals surface area (Å²) >= 11 is 0. The van der Waals surface area contributed by atoms with Gasteiger partial charge in [-0.2, -0.15) is 0 Å². The third-order valence-corrected chi connectivity index (χ3v) is 3.69. The Kier molecular flexibility index (Phi) is 2.61. The third kappa shape index (κ3) is 2.12. The van der Waals surface area contributed by atoms with Crippen LogP contribution >= 0.6 is 0 Å². The molecule has 1 saturated heterocycles. The van der Waals surface area contributed by atoms with Gasteiger partial charge in [0.2, 0.25) is 0 Å². The van der Waals surface area contributed by atoms with Crippen LogP contribution in [0.15, 0.2) is 0 Å². The Morgan fingerprint density at radius 1 is 1.36 bits per heavy atom. The number of likely N-dealkylation sites (tertiary alicyclic amines) is 1. The van der Waals surface area contributed by atoms with Crippen molar-refractivity contribution in [2.24, 2.45) is 5.41 Å². The molecule has 1 saturated carbocycles. The largest absolute Gasteiger partial charge is 0.310 e. The first-order valence-electron chi connectivity index (χ1n) is 5.99. The maximum Gasteiger partial charge on any atom is 0.0209 e. The number of hydrogen-bond donors (Lipinski definition) is 1. The van der Waals surface area contributed by atoms with Gasteiger partial charge < -0.3 is 5.32 Å². The summed E-state index contributed by atoms with van der Waals surface area (Å²) in [5.41, 5.74) is 0.604. The second kappa shape index (κ2) is 3.49. The van der Waals surface area contributed by atoms with Crippen LogP contribution in [0.5, 0.6) is 0 Å². The average Bonchev–Trinajstić information content (AvgIpc) is 2.52. The first-order chi connectivity index (χ1) is 6.49. The molecule has 2 aliphatic rings. The number of rotatable bonds is 3. The topological polar surface area (TPSA) is 15.3 Å². The monoisotopic (exact) mass is 196 g/mol. The standard InChI is InChI=1S/C12H24N2/c1-9(2)13-10-5-6-14(8-10)11-7-12(11,3)4/h9-11,13H,5-8H2,1-4H3. The Bertz CT molecular complexity index is 210. The smallest absolute Gasteiger partial charge is 0.0209 e. The molecule has 2 rings (SSSR count). The summed E-state index contributed by atoms with van der Waals surface area (Å²) in [4.78, 5) is 2.68. The summed E-state index contributed by atoms with van der Waals surface area (Å²) in [7, 11) is 0. The lowest BCUT2D eigenvalue weighted by atomic mass is 10.2. The van der Waals surface area contributed by atoms with Gasteiger partial charge in [-0.05, 0) is 18.3 Å². The van der Waals surface area contributed by atoms with Gasteiger partial charge in [-0.25, -0.2) is 0 Å². The zero-order valence-corrected chi connectivity index (χ0v) is 10.0. The van der Waals surface area contributed by atoms with Crippen molar-refractivity contribution in [2.75, 3.05) is 13.1 Å². The van der Waals surface area contributed by atoms with Gasteiger partial charge in [-0.1, -0.05) is 27.7 Å². The molecular formula is C12H24N2. The van der Waals surface area contributed by atoms with Gasteiger partial charge >= 0.3 is 0 Å². The lowest BCUT2D eigenvalue weighted by Gasteiger charge is -2.19. The van der Waals surface area contributed by atoms with E-state index in [1.54, 1.807) is 0 Å². The van der Waals surface area contributed by atoms with Gasteiger partial charge in [-0.3, -0.25) is 4.90 Å². The molecule has 0 aromatic heterocycles. The van der Waals surface area contributed by atoms with Crippen LogP contribution in [-0.4, -0.2) is 36.1 Å². The van der Waals surface area contributed by atoms with Gasteiger partial charge in [0.15, 0.2) is 0 Å². The molecule has 1 N–H and O–H groups in total. The van der Waals surface area contributed by atoms with Crippen molar-refractivity contribution in [1.29, 1.82) is 0 Å². The van der Waals surface area contributed by atoms with E-state index in [4.69, 9.17) is 0 Å². The number of nitrogens with one attached hydrogen (secondary N) is 1. The van der Waals surface area contributed by atoms with Crippen LogP contribution in [0, 0.1) is 5.41 Å². The molecule has 2 fully saturated rings. The highest BCUT2D eigenvalue weighted by Crippen LogP contribution is 2.49. The van der Waals surface area contributed by atoms with E-state index in [9.17, 15) is 0 Å². The summed E-state index contributed by atoms with van der Waals surface area (Å²) in [6.45, 7) is 11.8. The van der Waals surface area contributed by atoms with Crippen LogP contribution in [0.3, 0.4) is 0 Å². The molecule has 0 bridgehead atoms. The molecule has 0 aromatic carbocycles. The summed E-state index contributed by atoms with van der Waals surface area (Å²) in [6.07, 6.45) is 2.74. The molecule has 0 amide bonds. The Morgan fingerprint density at radius 3 is 2.50 bits per heavy atom. The van der Waals surface area contributed by atoms with Crippen LogP contribution in [0.2, 0.25) is 0 Å². The second-order valence-corrected chi connectivity index (χ2v) is 6.01. The first kappa shape index (κ1) is 10.4. The van der Waals surface area contributed by atoms with Crippen molar-refractivity contribution in [2.45, 2.75) is 58.7 Å². The quantitative estimate of drug-likeness (QED) is 0.741. The lowest BCUT2D eigenvalue weighted by molar-refractivity contribution is 0.280. The van der Waals surface area contributed by atoms with Gasteiger partial charge in [-0.15, -0.1) is 0 Å². The molecule has 2 nitrogen and oxygen atoms in total. The molecule has 0 spiro atoms. The molecule has 82 valence electrons. The van der Waals surface area contributed by atoms with Gasteiger partial charge in [0.1, 0.15) is 0 Å².